The van der Waals surface area contributed by atoms with Crippen molar-refractivity contribution in [3.05, 3.63) is 29.1 Å². The van der Waals surface area contributed by atoms with Crippen LogP contribution in [-0.4, -0.2) is 33.3 Å². The third-order valence-corrected chi connectivity index (χ3v) is 4.38. The molecule has 20 heavy (non-hydrogen) atoms. The minimum Gasteiger partial charge on any atom is -0.392 e. The summed E-state index contributed by atoms with van der Waals surface area (Å²) in [6.45, 7) is 4.09. The Labute approximate surface area is 118 Å². The topological polar surface area (TPSA) is 75.6 Å². The predicted molar refractivity (Wildman–Crippen MR) is 73.4 cm³/mol. The number of sulfonamides is 1. The van der Waals surface area contributed by atoms with Gasteiger partial charge < -0.3 is 9.84 Å². The molecule has 0 radical (unpaired) electrons. The van der Waals surface area contributed by atoms with Crippen LogP contribution in [0.25, 0.3) is 0 Å². The molecule has 0 saturated carbocycles. The molecular formula is C13H20FNO4S. The molecule has 1 aromatic carbocycles. The van der Waals surface area contributed by atoms with Crippen molar-refractivity contribution in [1.82, 2.24) is 4.72 Å². The monoisotopic (exact) mass is 305 g/mol. The highest BCUT2D eigenvalue weighted by molar-refractivity contribution is 7.89. The van der Waals surface area contributed by atoms with Gasteiger partial charge in [-0.15, -0.1) is 0 Å². The number of ether oxygens (including phenoxy) is 1. The molecule has 0 spiro atoms. The first kappa shape index (κ1) is 17.0. The molecule has 0 aliphatic rings. The molecule has 0 aromatic heterocycles. The van der Waals surface area contributed by atoms with Crippen molar-refractivity contribution in [3.8, 4) is 0 Å². The van der Waals surface area contributed by atoms with Gasteiger partial charge in [0.2, 0.25) is 10.0 Å². The summed E-state index contributed by atoms with van der Waals surface area (Å²) in [5, 5.41) is 9.02. The van der Waals surface area contributed by atoms with Crippen LogP contribution < -0.4 is 4.72 Å². The van der Waals surface area contributed by atoms with Crippen LogP contribution in [0.5, 0.6) is 0 Å². The van der Waals surface area contributed by atoms with Crippen LogP contribution in [0.4, 0.5) is 4.39 Å². The average molecular weight is 305 g/mol. The van der Waals surface area contributed by atoms with E-state index in [2.05, 4.69) is 4.72 Å². The molecule has 114 valence electrons. The van der Waals surface area contributed by atoms with Gasteiger partial charge in [0, 0.05) is 25.3 Å². The van der Waals surface area contributed by atoms with E-state index in [1.54, 1.807) is 0 Å². The van der Waals surface area contributed by atoms with E-state index in [0.717, 1.165) is 6.07 Å². The van der Waals surface area contributed by atoms with Crippen LogP contribution in [0, 0.1) is 12.7 Å². The molecule has 0 amide bonds. The molecule has 7 heteroatoms. The number of nitrogens with one attached hydrogen (secondary N) is 1. The molecule has 0 unspecified atom stereocenters. The Morgan fingerprint density at radius 1 is 1.40 bits per heavy atom. The molecule has 5 nitrogen and oxygen atoms in total. The number of aliphatic hydroxyl groups is 1. The van der Waals surface area contributed by atoms with Crippen molar-refractivity contribution >= 4 is 10.0 Å². The fourth-order valence-corrected chi connectivity index (χ4v) is 3.06. The standard InChI is InChI=1S/C13H20FNO4S/c1-3-19-6-4-5-15-20(17,18)13-8-11(9-16)7-12(14)10(13)2/h7-8,15-16H,3-6,9H2,1-2H3. The summed E-state index contributed by atoms with van der Waals surface area (Å²) in [7, 11) is -3.79. The highest BCUT2D eigenvalue weighted by Crippen LogP contribution is 2.20. The van der Waals surface area contributed by atoms with Crippen LogP contribution in [0.3, 0.4) is 0 Å². The van der Waals surface area contributed by atoms with E-state index < -0.39 is 22.4 Å². The predicted octanol–water partition coefficient (Wildman–Crippen LogP) is 1.33. The summed E-state index contributed by atoms with van der Waals surface area (Å²) < 4.78 is 45.3. The SMILES string of the molecule is CCOCCCNS(=O)(=O)c1cc(CO)cc(F)c1C. The van der Waals surface area contributed by atoms with Crippen LogP contribution in [0.2, 0.25) is 0 Å². The van der Waals surface area contributed by atoms with Crippen molar-refractivity contribution in [3.63, 3.8) is 0 Å². The maximum absolute atomic E-state index is 13.6. The second-order valence-electron chi connectivity index (χ2n) is 4.31. The highest BCUT2D eigenvalue weighted by atomic mass is 32.2. The number of hydrogen-bond acceptors (Lipinski definition) is 4. The largest absolute Gasteiger partial charge is 0.392 e. The van der Waals surface area contributed by atoms with Gasteiger partial charge >= 0.3 is 0 Å². The summed E-state index contributed by atoms with van der Waals surface area (Å²) in [6, 6.07) is 2.41. The number of benzene rings is 1. The summed E-state index contributed by atoms with van der Waals surface area (Å²) in [5.74, 6) is -0.647. The summed E-state index contributed by atoms with van der Waals surface area (Å²) in [5.41, 5.74) is 0.266. The Balaban J connectivity index is 2.84. The maximum atomic E-state index is 13.6. The minimum atomic E-state index is -3.79. The van der Waals surface area contributed by atoms with E-state index >= 15 is 0 Å². The first-order valence-corrected chi connectivity index (χ1v) is 7.88. The van der Waals surface area contributed by atoms with E-state index in [-0.39, 0.29) is 22.6 Å². The second-order valence-corrected chi connectivity index (χ2v) is 6.04. The maximum Gasteiger partial charge on any atom is 0.240 e. The second kappa shape index (κ2) is 7.68. The third kappa shape index (κ3) is 4.52. The van der Waals surface area contributed by atoms with Crippen molar-refractivity contribution < 1.29 is 22.7 Å². The van der Waals surface area contributed by atoms with Crippen LogP contribution >= 0.6 is 0 Å². The van der Waals surface area contributed by atoms with Crippen molar-refractivity contribution in [1.29, 1.82) is 0 Å². The van der Waals surface area contributed by atoms with Crippen molar-refractivity contribution in [2.45, 2.75) is 31.8 Å². The fraction of sp³-hybridized carbons (Fsp3) is 0.538. The van der Waals surface area contributed by atoms with Gasteiger partial charge in [-0.25, -0.2) is 17.5 Å². The zero-order valence-corrected chi connectivity index (χ0v) is 12.5. The molecule has 2 N–H and O–H groups in total. The Kier molecular flexibility index (Phi) is 6.54. The summed E-state index contributed by atoms with van der Waals surface area (Å²) in [6.07, 6.45) is 0.536. The Morgan fingerprint density at radius 2 is 2.10 bits per heavy atom. The molecular weight excluding hydrogens is 285 g/mol. The van der Waals surface area contributed by atoms with Crippen LogP contribution in [-0.2, 0) is 21.4 Å². The van der Waals surface area contributed by atoms with Gasteiger partial charge in [0.15, 0.2) is 0 Å². The van der Waals surface area contributed by atoms with E-state index in [1.165, 1.54) is 13.0 Å². The Hall–Kier alpha value is -1.02. The van der Waals surface area contributed by atoms with Gasteiger partial charge in [-0.1, -0.05) is 0 Å². The lowest BCUT2D eigenvalue weighted by Gasteiger charge is -2.11. The van der Waals surface area contributed by atoms with Gasteiger partial charge in [0.05, 0.1) is 11.5 Å². The van der Waals surface area contributed by atoms with E-state index in [4.69, 9.17) is 9.84 Å². The van der Waals surface area contributed by atoms with Crippen LogP contribution in [0.15, 0.2) is 17.0 Å². The normalized spacial score (nSPS) is 11.8. The molecule has 1 aromatic rings. The van der Waals surface area contributed by atoms with Gasteiger partial charge in [0.1, 0.15) is 5.82 Å². The first-order valence-electron chi connectivity index (χ1n) is 6.39. The average Bonchev–Trinajstić information content (AvgIpc) is 2.41. The number of aliphatic hydroxyl groups excluding tert-OH is 1. The molecule has 0 aliphatic heterocycles. The van der Waals surface area contributed by atoms with Crippen LogP contribution in [0.1, 0.15) is 24.5 Å². The van der Waals surface area contributed by atoms with Gasteiger partial charge in [-0.3, -0.25) is 0 Å². The lowest BCUT2D eigenvalue weighted by atomic mass is 10.1. The molecule has 0 aliphatic carbocycles. The zero-order valence-electron chi connectivity index (χ0n) is 11.6. The Bertz CT molecular complexity index is 546. The molecule has 0 fully saturated rings. The summed E-state index contributed by atoms with van der Waals surface area (Å²) >= 11 is 0. The number of rotatable bonds is 8. The zero-order chi connectivity index (χ0) is 15.2. The number of halogens is 1. The molecule has 0 bridgehead atoms. The van der Waals surface area contributed by atoms with E-state index in [0.29, 0.717) is 19.6 Å². The van der Waals surface area contributed by atoms with Crippen molar-refractivity contribution in [2.24, 2.45) is 0 Å². The number of hydrogen-bond donors (Lipinski definition) is 2. The molecule has 0 heterocycles. The third-order valence-electron chi connectivity index (χ3n) is 2.79. The minimum absolute atomic E-state index is 0.0412. The lowest BCUT2D eigenvalue weighted by Crippen LogP contribution is -2.26. The molecule has 0 atom stereocenters. The summed E-state index contributed by atoms with van der Waals surface area (Å²) in [4.78, 5) is -0.141. The van der Waals surface area contributed by atoms with Gasteiger partial charge in [-0.05, 0) is 38.0 Å². The van der Waals surface area contributed by atoms with Gasteiger partial charge in [0.25, 0.3) is 0 Å². The quantitative estimate of drug-likeness (QED) is 0.711. The highest BCUT2D eigenvalue weighted by Gasteiger charge is 2.19. The van der Waals surface area contributed by atoms with E-state index in [1.807, 2.05) is 6.92 Å². The Morgan fingerprint density at radius 3 is 2.70 bits per heavy atom. The van der Waals surface area contributed by atoms with Gasteiger partial charge in [-0.2, -0.15) is 0 Å². The van der Waals surface area contributed by atoms with Crippen molar-refractivity contribution in [2.75, 3.05) is 19.8 Å². The first-order chi connectivity index (χ1) is 9.42. The fourth-order valence-electron chi connectivity index (χ4n) is 1.68. The lowest BCUT2D eigenvalue weighted by molar-refractivity contribution is 0.146. The molecule has 1 rings (SSSR count). The molecule has 0 saturated heterocycles. The smallest absolute Gasteiger partial charge is 0.240 e. The van der Waals surface area contributed by atoms with E-state index in [9.17, 15) is 12.8 Å².